The van der Waals surface area contributed by atoms with Gasteiger partial charge in [0.05, 0.1) is 5.69 Å². The van der Waals surface area contributed by atoms with Gasteiger partial charge in [-0.3, -0.25) is 0 Å². The van der Waals surface area contributed by atoms with E-state index < -0.39 is 0 Å². The summed E-state index contributed by atoms with van der Waals surface area (Å²) in [6, 6.07) is 19.6. The summed E-state index contributed by atoms with van der Waals surface area (Å²) in [6.07, 6.45) is 1.86. The number of hydrogen-bond donors (Lipinski definition) is 0. The first-order valence-electron chi connectivity index (χ1n) is 9.53. The molecule has 5 nitrogen and oxygen atoms in total. The van der Waals surface area contributed by atoms with Crippen LogP contribution in [0.25, 0.3) is 28.0 Å². The second-order valence-corrected chi connectivity index (χ2v) is 7.77. The lowest BCUT2D eigenvalue weighted by molar-refractivity contribution is 0.177. The van der Waals surface area contributed by atoms with E-state index in [9.17, 15) is 0 Å². The highest BCUT2D eigenvalue weighted by Crippen LogP contribution is 2.30. The van der Waals surface area contributed by atoms with Gasteiger partial charge in [0, 0.05) is 34.8 Å². The molecule has 4 aromatic rings. The van der Waals surface area contributed by atoms with E-state index in [0.717, 1.165) is 40.3 Å². The number of rotatable bonds is 6. The van der Waals surface area contributed by atoms with Gasteiger partial charge < -0.3 is 9.64 Å². The normalized spacial score (nSPS) is 12.4. The number of nitrogens with zero attached hydrogens (tertiary/aromatic N) is 4. The average molecular weight is 407 g/mol. The topological polar surface area (TPSA) is 43.2 Å². The maximum atomic E-state index is 6.09. The summed E-state index contributed by atoms with van der Waals surface area (Å²) in [5, 5.41) is 6.56. The fourth-order valence-electron chi connectivity index (χ4n) is 3.43. The number of hydrogen-bond acceptors (Lipinski definition) is 4. The highest BCUT2D eigenvalue weighted by atomic mass is 35.5. The smallest absolute Gasteiger partial charge is 0.163 e. The van der Waals surface area contributed by atoms with Crippen LogP contribution in [0.2, 0.25) is 5.02 Å². The van der Waals surface area contributed by atoms with Gasteiger partial charge in [0.1, 0.15) is 17.5 Å². The molecule has 2 aromatic carbocycles. The van der Waals surface area contributed by atoms with Crippen molar-refractivity contribution in [1.29, 1.82) is 0 Å². The number of halogens is 1. The molecule has 2 heterocycles. The maximum absolute atomic E-state index is 6.09. The summed E-state index contributed by atoms with van der Waals surface area (Å²) in [7, 11) is 4.08. The summed E-state index contributed by atoms with van der Waals surface area (Å²) < 4.78 is 7.95. The molecule has 1 unspecified atom stereocenters. The van der Waals surface area contributed by atoms with Crippen molar-refractivity contribution in [3.63, 3.8) is 0 Å². The van der Waals surface area contributed by atoms with E-state index in [4.69, 9.17) is 21.4 Å². The highest BCUT2D eigenvalue weighted by molar-refractivity contribution is 6.30. The molecule has 0 amide bonds. The first kappa shape index (κ1) is 19.4. The zero-order chi connectivity index (χ0) is 20.4. The molecular formula is C23H23ClN4O. The Morgan fingerprint density at radius 2 is 1.86 bits per heavy atom. The Hall–Kier alpha value is -2.89. The number of fused-ring (bicyclic) bond motifs is 1. The molecule has 148 valence electrons. The van der Waals surface area contributed by atoms with Gasteiger partial charge in [0.15, 0.2) is 5.65 Å². The molecule has 0 aliphatic carbocycles. The van der Waals surface area contributed by atoms with Gasteiger partial charge in [-0.05, 0) is 57.4 Å². The molecule has 0 N–H and O–H groups in total. The number of ether oxygens (including phenoxy) is 1. The summed E-state index contributed by atoms with van der Waals surface area (Å²) >= 11 is 6.05. The lowest BCUT2D eigenvalue weighted by Gasteiger charge is -2.19. The van der Waals surface area contributed by atoms with E-state index in [1.807, 2.05) is 79.4 Å². The monoisotopic (exact) mass is 406 g/mol. The molecule has 2 aromatic heterocycles. The van der Waals surface area contributed by atoms with Crippen LogP contribution in [-0.2, 0) is 0 Å². The van der Waals surface area contributed by atoms with Crippen LogP contribution in [-0.4, -0.2) is 46.4 Å². The van der Waals surface area contributed by atoms with Crippen LogP contribution < -0.4 is 4.74 Å². The van der Waals surface area contributed by atoms with Crippen LogP contribution >= 0.6 is 11.6 Å². The van der Waals surface area contributed by atoms with Gasteiger partial charge in [-0.25, -0.2) is 9.67 Å². The molecule has 29 heavy (non-hydrogen) atoms. The van der Waals surface area contributed by atoms with E-state index in [1.165, 1.54) is 0 Å². The standard InChI is InChI=1S/C23H23ClN4O/c1-16(15-27(2)3)29-20-7-4-6-19(14-20)28-23-21(8-5-13-25-23)22(26-28)17-9-11-18(24)12-10-17/h4-14,16H,15H2,1-3H3. The molecular weight excluding hydrogens is 384 g/mol. The quantitative estimate of drug-likeness (QED) is 0.448. The molecule has 4 rings (SSSR count). The summed E-state index contributed by atoms with van der Waals surface area (Å²) in [5.74, 6) is 0.810. The zero-order valence-electron chi connectivity index (χ0n) is 16.7. The molecule has 1 atom stereocenters. The van der Waals surface area contributed by atoms with Crippen molar-refractivity contribution in [2.45, 2.75) is 13.0 Å². The van der Waals surface area contributed by atoms with Crippen LogP contribution in [0.3, 0.4) is 0 Å². The fraction of sp³-hybridized carbons (Fsp3) is 0.217. The van der Waals surface area contributed by atoms with E-state index in [0.29, 0.717) is 5.02 Å². The predicted octanol–water partition coefficient (Wildman–Crippen LogP) is 5.07. The first-order chi connectivity index (χ1) is 14.0. The van der Waals surface area contributed by atoms with Gasteiger partial charge >= 0.3 is 0 Å². The second-order valence-electron chi connectivity index (χ2n) is 7.33. The SMILES string of the molecule is CC(CN(C)C)Oc1cccc(-n2nc(-c3ccc(Cl)cc3)c3cccnc32)c1. The largest absolute Gasteiger partial charge is 0.489 e. The Morgan fingerprint density at radius 3 is 2.62 bits per heavy atom. The first-order valence-corrected chi connectivity index (χ1v) is 9.90. The van der Waals surface area contributed by atoms with E-state index in [2.05, 4.69) is 16.8 Å². The fourth-order valence-corrected chi connectivity index (χ4v) is 3.55. The van der Waals surface area contributed by atoms with Gasteiger partial charge in [-0.2, -0.15) is 5.10 Å². The third-order valence-corrected chi connectivity index (χ3v) is 4.83. The van der Waals surface area contributed by atoms with Crippen molar-refractivity contribution in [1.82, 2.24) is 19.7 Å². The maximum Gasteiger partial charge on any atom is 0.163 e. The van der Waals surface area contributed by atoms with Crippen LogP contribution in [0.1, 0.15) is 6.92 Å². The zero-order valence-corrected chi connectivity index (χ0v) is 17.5. The van der Waals surface area contributed by atoms with Crippen LogP contribution in [0.5, 0.6) is 5.75 Å². The molecule has 0 radical (unpaired) electrons. The third kappa shape index (κ3) is 4.26. The average Bonchev–Trinajstić information content (AvgIpc) is 3.08. The molecule has 0 bridgehead atoms. The molecule has 6 heteroatoms. The lowest BCUT2D eigenvalue weighted by atomic mass is 10.1. The van der Waals surface area contributed by atoms with Crippen molar-refractivity contribution in [2.24, 2.45) is 0 Å². The Morgan fingerprint density at radius 1 is 1.07 bits per heavy atom. The molecule has 0 fully saturated rings. The number of likely N-dealkylation sites (N-methyl/N-ethyl adjacent to an activating group) is 1. The van der Waals surface area contributed by atoms with Crippen LogP contribution in [0.4, 0.5) is 0 Å². The van der Waals surface area contributed by atoms with Crippen LogP contribution in [0, 0.1) is 0 Å². The minimum absolute atomic E-state index is 0.0809. The molecule has 0 saturated heterocycles. The Balaban J connectivity index is 1.75. The summed E-state index contributed by atoms with van der Waals surface area (Å²) in [4.78, 5) is 6.69. The summed E-state index contributed by atoms with van der Waals surface area (Å²) in [5.41, 5.74) is 3.58. The van der Waals surface area contributed by atoms with Crippen molar-refractivity contribution in [3.8, 4) is 22.7 Å². The van der Waals surface area contributed by atoms with E-state index in [-0.39, 0.29) is 6.10 Å². The van der Waals surface area contributed by atoms with E-state index in [1.54, 1.807) is 6.20 Å². The van der Waals surface area contributed by atoms with Crippen LogP contribution in [0.15, 0.2) is 66.9 Å². The Bertz CT molecular complexity index is 1120. The van der Waals surface area contributed by atoms with Gasteiger partial charge in [-0.15, -0.1) is 0 Å². The molecule has 0 aliphatic heterocycles. The highest BCUT2D eigenvalue weighted by Gasteiger charge is 2.15. The molecule has 0 saturated carbocycles. The second kappa shape index (κ2) is 8.23. The Labute approximate surface area is 175 Å². The predicted molar refractivity (Wildman–Crippen MR) is 118 cm³/mol. The number of benzene rings is 2. The molecule has 0 aliphatic rings. The van der Waals surface area contributed by atoms with Crippen molar-refractivity contribution >= 4 is 22.6 Å². The van der Waals surface area contributed by atoms with Gasteiger partial charge in [0.2, 0.25) is 0 Å². The summed E-state index contributed by atoms with van der Waals surface area (Å²) in [6.45, 7) is 2.91. The number of pyridine rings is 1. The molecule has 0 spiro atoms. The van der Waals surface area contributed by atoms with Crippen molar-refractivity contribution in [3.05, 3.63) is 71.9 Å². The van der Waals surface area contributed by atoms with Crippen molar-refractivity contribution < 1.29 is 4.74 Å². The van der Waals surface area contributed by atoms with Gasteiger partial charge in [-0.1, -0.05) is 29.8 Å². The van der Waals surface area contributed by atoms with Gasteiger partial charge in [0.25, 0.3) is 0 Å². The minimum atomic E-state index is 0.0809. The number of aromatic nitrogens is 3. The third-order valence-electron chi connectivity index (χ3n) is 4.58. The van der Waals surface area contributed by atoms with Crippen molar-refractivity contribution in [2.75, 3.05) is 20.6 Å². The minimum Gasteiger partial charge on any atom is -0.489 e. The Kier molecular flexibility index (Phi) is 5.51. The lowest BCUT2D eigenvalue weighted by Crippen LogP contribution is -2.27. The van der Waals surface area contributed by atoms with E-state index >= 15 is 0 Å².